The highest BCUT2D eigenvalue weighted by Crippen LogP contribution is 2.54. The number of hydrogen-bond donors (Lipinski definition) is 2. The average molecular weight is 424 g/mol. The number of nitrogens with zero attached hydrogens (tertiary/aromatic N) is 3. The van der Waals surface area contributed by atoms with E-state index >= 15 is 0 Å². The van der Waals surface area contributed by atoms with Crippen molar-refractivity contribution in [2.24, 2.45) is 11.3 Å². The Morgan fingerprint density at radius 2 is 2.23 bits per heavy atom. The minimum absolute atomic E-state index is 0.0407. The van der Waals surface area contributed by atoms with Gasteiger partial charge in [-0.15, -0.1) is 0 Å². The van der Waals surface area contributed by atoms with Crippen LogP contribution in [0.25, 0.3) is 10.9 Å². The SMILES string of the molecule is O=[N+]([O-])c1cc2c(Nc3cccc(Cl)c3F)ncnc2cc1C#CC12CNC[C@H]1C2. The molecule has 0 amide bonds. The van der Waals surface area contributed by atoms with Gasteiger partial charge in [-0.25, -0.2) is 14.4 Å². The molecular weight excluding hydrogens is 409 g/mol. The molecule has 1 saturated heterocycles. The summed E-state index contributed by atoms with van der Waals surface area (Å²) in [5.41, 5.74) is 0.684. The van der Waals surface area contributed by atoms with E-state index in [-0.39, 0.29) is 27.6 Å². The Labute approximate surface area is 175 Å². The first-order valence-corrected chi connectivity index (χ1v) is 9.73. The normalized spacial score (nSPS) is 21.6. The molecule has 7 nitrogen and oxygen atoms in total. The predicted octanol–water partition coefficient (Wildman–Crippen LogP) is 4.04. The third-order valence-electron chi connectivity index (χ3n) is 5.66. The number of aromatic nitrogens is 2. The first kappa shape index (κ1) is 18.7. The highest BCUT2D eigenvalue weighted by Gasteiger charge is 2.56. The molecule has 2 aromatic carbocycles. The maximum absolute atomic E-state index is 14.3. The summed E-state index contributed by atoms with van der Waals surface area (Å²) in [5.74, 6) is 6.37. The van der Waals surface area contributed by atoms with E-state index < -0.39 is 10.7 Å². The van der Waals surface area contributed by atoms with Gasteiger partial charge in [-0.3, -0.25) is 10.1 Å². The highest BCUT2D eigenvalue weighted by atomic mass is 35.5. The van der Waals surface area contributed by atoms with Crippen LogP contribution in [0.3, 0.4) is 0 Å². The molecule has 1 aliphatic carbocycles. The van der Waals surface area contributed by atoms with Crippen molar-refractivity contribution < 1.29 is 9.31 Å². The van der Waals surface area contributed by atoms with Crippen LogP contribution in [0.4, 0.5) is 21.6 Å². The van der Waals surface area contributed by atoms with Gasteiger partial charge in [0, 0.05) is 23.4 Å². The monoisotopic (exact) mass is 423 g/mol. The van der Waals surface area contributed by atoms with Crippen molar-refractivity contribution in [1.29, 1.82) is 0 Å². The van der Waals surface area contributed by atoms with Crippen LogP contribution in [0.2, 0.25) is 5.02 Å². The van der Waals surface area contributed by atoms with Crippen molar-refractivity contribution in [2.75, 3.05) is 18.4 Å². The van der Waals surface area contributed by atoms with Crippen LogP contribution in [0.5, 0.6) is 0 Å². The number of anilines is 2. The third-order valence-corrected chi connectivity index (χ3v) is 5.96. The Morgan fingerprint density at radius 3 is 2.97 bits per heavy atom. The summed E-state index contributed by atoms with van der Waals surface area (Å²) in [7, 11) is 0. The van der Waals surface area contributed by atoms with Crippen LogP contribution in [0.15, 0.2) is 36.7 Å². The lowest BCUT2D eigenvalue weighted by atomic mass is 10.0. The molecule has 2 fully saturated rings. The third kappa shape index (κ3) is 3.12. The van der Waals surface area contributed by atoms with Gasteiger partial charge in [0.2, 0.25) is 0 Å². The number of nitro benzene ring substituents is 1. The zero-order valence-electron chi connectivity index (χ0n) is 15.6. The van der Waals surface area contributed by atoms with Gasteiger partial charge < -0.3 is 10.6 Å². The van der Waals surface area contributed by atoms with Crippen LogP contribution in [0.1, 0.15) is 12.0 Å². The van der Waals surface area contributed by atoms with Gasteiger partial charge in [0.05, 0.1) is 21.2 Å². The predicted molar refractivity (Wildman–Crippen MR) is 111 cm³/mol. The summed E-state index contributed by atoms with van der Waals surface area (Å²) in [5, 5.41) is 18.2. The molecule has 0 spiro atoms. The number of halogens is 2. The van der Waals surface area contributed by atoms with Gasteiger partial charge in [-0.1, -0.05) is 29.5 Å². The lowest BCUT2D eigenvalue weighted by Gasteiger charge is -2.10. The molecule has 3 aromatic rings. The molecule has 1 saturated carbocycles. The maximum atomic E-state index is 14.3. The average Bonchev–Trinajstić information content (AvgIpc) is 3.28. The fraction of sp³-hybridized carbons (Fsp3) is 0.238. The zero-order chi connectivity index (χ0) is 20.9. The molecule has 2 N–H and O–H groups in total. The van der Waals surface area contributed by atoms with Gasteiger partial charge in [-0.2, -0.15) is 0 Å². The number of rotatable bonds is 3. The van der Waals surface area contributed by atoms with E-state index in [2.05, 4.69) is 32.4 Å². The molecule has 1 aromatic heterocycles. The number of nitro groups is 1. The Balaban J connectivity index is 1.58. The minimum Gasteiger partial charge on any atom is -0.337 e. The van der Waals surface area contributed by atoms with E-state index in [4.69, 9.17) is 11.6 Å². The zero-order valence-corrected chi connectivity index (χ0v) is 16.3. The van der Waals surface area contributed by atoms with Crippen LogP contribution in [-0.2, 0) is 0 Å². The van der Waals surface area contributed by atoms with E-state index in [0.29, 0.717) is 22.4 Å². The Morgan fingerprint density at radius 1 is 1.37 bits per heavy atom. The van der Waals surface area contributed by atoms with Crippen molar-refractivity contribution in [3.8, 4) is 11.8 Å². The first-order valence-electron chi connectivity index (χ1n) is 9.35. The lowest BCUT2D eigenvalue weighted by molar-refractivity contribution is -0.385. The first-order chi connectivity index (χ1) is 14.5. The number of benzene rings is 2. The molecule has 9 heteroatoms. The van der Waals surface area contributed by atoms with E-state index in [9.17, 15) is 14.5 Å². The second-order valence-electron chi connectivity index (χ2n) is 7.53. The quantitative estimate of drug-likeness (QED) is 0.375. The van der Waals surface area contributed by atoms with E-state index in [1.807, 2.05) is 0 Å². The highest BCUT2D eigenvalue weighted by molar-refractivity contribution is 6.31. The van der Waals surface area contributed by atoms with Crippen LogP contribution in [0, 0.1) is 39.1 Å². The number of fused-ring (bicyclic) bond motifs is 2. The fourth-order valence-electron chi connectivity index (χ4n) is 3.89. The number of hydrogen-bond acceptors (Lipinski definition) is 6. The second kappa shape index (κ2) is 6.90. The molecular formula is C21H15ClFN5O2. The molecule has 1 aliphatic heterocycles. The van der Waals surface area contributed by atoms with Crippen LogP contribution >= 0.6 is 11.6 Å². The maximum Gasteiger partial charge on any atom is 0.285 e. The summed E-state index contributed by atoms with van der Waals surface area (Å²) in [4.78, 5) is 19.6. The minimum atomic E-state index is -0.633. The van der Waals surface area contributed by atoms with Crippen molar-refractivity contribution >= 4 is 39.7 Å². The number of nitrogens with one attached hydrogen (secondary N) is 2. The van der Waals surface area contributed by atoms with E-state index in [1.54, 1.807) is 12.1 Å². The Bertz CT molecular complexity index is 1270. The number of piperidine rings is 1. The van der Waals surface area contributed by atoms with Gasteiger partial charge in [0.25, 0.3) is 5.69 Å². The van der Waals surface area contributed by atoms with Gasteiger partial charge in [-0.05, 0) is 37.1 Å². The second-order valence-corrected chi connectivity index (χ2v) is 7.94. The summed E-state index contributed by atoms with van der Waals surface area (Å²) < 4.78 is 14.3. The molecule has 0 radical (unpaired) electrons. The Hall–Kier alpha value is -3.28. The van der Waals surface area contributed by atoms with E-state index in [0.717, 1.165) is 19.5 Å². The smallest absolute Gasteiger partial charge is 0.285 e. The molecule has 0 bridgehead atoms. The topological polar surface area (TPSA) is 93.0 Å². The molecule has 150 valence electrons. The fourth-order valence-corrected chi connectivity index (χ4v) is 4.07. The molecule has 2 aliphatic rings. The molecule has 30 heavy (non-hydrogen) atoms. The summed E-state index contributed by atoms with van der Waals surface area (Å²) in [6.07, 6.45) is 2.34. The van der Waals surface area contributed by atoms with Crippen molar-refractivity contribution in [3.05, 3.63) is 63.2 Å². The largest absolute Gasteiger partial charge is 0.337 e. The van der Waals surface area contributed by atoms with Crippen molar-refractivity contribution in [3.63, 3.8) is 0 Å². The molecule has 2 atom stereocenters. The lowest BCUT2D eigenvalue weighted by Crippen LogP contribution is -2.14. The van der Waals surface area contributed by atoms with E-state index in [1.165, 1.54) is 24.5 Å². The van der Waals surface area contributed by atoms with Crippen LogP contribution < -0.4 is 10.6 Å². The van der Waals surface area contributed by atoms with Gasteiger partial charge in [0.1, 0.15) is 17.7 Å². The van der Waals surface area contributed by atoms with Gasteiger partial charge >= 0.3 is 0 Å². The molecule has 2 heterocycles. The summed E-state index contributed by atoms with van der Waals surface area (Å²) in [6.45, 7) is 1.75. The van der Waals surface area contributed by atoms with Gasteiger partial charge in [0.15, 0.2) is 5.82 Å². The Kier molecular flexibility index (Phi) is 4.31. The summed E-state index contributed by atoms with van der Waals surface area (Å²) in [6, 6.07) is 7.48. The van der Waals surface area contributed by atoms with Crippen molar-refractivity contribution in [1.82, 2.24) is 15.3 Å². The molecule has 1 unspecified atom stereocenters. The van der Waals surface area contributed by atoms with Crippen molar-refractivity contribution in [2.45, 2.75) is 6.42 Å². The van der Waals surface area contributed by atoms with Crippen LogP contribution in [-0.4, -0.2) is 28.0 Å². The summed E-state index contributed by atoms with van der Waals surface area (Å²) >= 11 is 5.83. The standard InChI is InChI=1S/C21H15ClFN5O2/c22-15-2-1-3-16(19(15)23)27-20-14-7-18(28(29)30)12(6-17(14)25-11-26-20)4-5-21-8-13(21)9-24-10-21/h1-3,6-7,11,13,24H,8-10H2,(H,25,26,27)/t13-,21?/m1/s1. The molecule has 5 rings (SSSR count).